The fourth-order valence-corrected chi connectivity index (χ4v) is 2.35. The zero-order valence-electron chi connectivity index (χ0n) is 12.6. The van der Waals surface area contributed by atoms with E-state index in [2.05, 4.69) is 5.32 Å². The average molecular weight is 298 g/mol. The van der Waals surface area contributed by atoms with Gasteiger partial charge >= 0.3 is 0 Å². The summed E-state index contributed by atoms with van der Waals surface area (Å²) in [6, 6.07) is 14.0. The third kappa shape index (κ3) is 3.49. The lowest BCUT2D eigenvalue weighted by molar-refractivity contribution is -0.385. The zero-order valence-corrected chi connectivity index (χ0v) is 12.6. The van der Waals surface area contributed by atoms with Gasteiger partial charge in [0.2, 0.25) is 0 Å². The largest absolute Gasteiger partial charge is 0.345 e. The van der Waals surface area contributed by atoms with Crippen molar-refractivity contribution in [1.82, 2.24) is 5.32 Å². The fraction of sp³-hybridized carbons (Fsp3) is 0.235. The zero-order chi connectivity index (χ0) is 16.1. The molecule has 0 bridgehead atoms. The van der Waals surface area contributed by atoms with Gasteiger partial charge in [-0.3, -0.25) is 14.9 Å². The molecule has 5 heteroatoms. The number of amides is 1. The molecule has 2 aromatic rings. The Balaban J connectivity index is 2.18. The first-order valence-electron chi connectivity index (χ1n) is 7.13. The first-order valence-corrected chi connectivity index (χ1v) is 7.13. The van der Waals surface area contributed by atoms with Crippen LogP contribution in [0.5, 0.6) is 0 Å². The van der Waals surface area contributed by atoms with Crippen LogP contribution >= 0.6 is 0 Å². The molecule has 114 valence electrons. The highest BCUT2D eigenvalue weighted by molar-refractivity contribution is 5.95. The van der Waals surface area contributed by atoms with Crippen LogP contribution in [0, 0.1) is 17.0 Å². The van der Waals surface area contributed by atoms with Crippen molar-refractivity contribution in [2.75, 3.05) is 0 Å². The van der Waals surface area contributed by atoms with Crippen LogP contribution in [-0.2, 0) is 0 Å². The molecule has 0 fully saturated rings. The molecule has 0 radical (unpaired) electrons. The van der Waals surface area contributed by atoms with Gasteiger partial charge in [0.25, 0.3) is 11.6 Å². The van der Waals surface area contributed by atoms with E-state index in [1.165, 1.54) is 12.1 Å². The molecule has 1 atom stereocenters. The third-order valence-corrected chi connectivity index (χ3v) is 3.57. The van der Waals surface area contributed by atoms with E-state index in [0.29, 0.717) is 11.1 Å². The lowest BCUT2D eigenvalue weighted by Crippen LogP contribution is -2.28. The highest BCUT2D eigenvalue weighted by Crippen LogP contribution is 2.20. The normalized spacial score (nSPS) is 11.7. The molecule has 22 heavy (non-hydrogen) atoms. The minimum atomic E-state index is -0.449. The number of nitro groups is 1. The smallest absolute Gasteiger partial charge is 0.272 e. The second-order valence-corrected chi connectivity index (χ2v) is 5.10. The molecule has 0 saturated carbocycles. The first kappa shape index (κ1) is 15.7. The molecule has 1 N–H and O–H groups in total. The fourth-order valence-electron chi connectivity index (χ4n) is 2.35. The number of hydrogen-bond acceptors (Lipinski definition) is 3. The standard InChI is InChI=1S/C17H18N2O3/c1-3-15(13-7-5-4-6-8-13)18-17(20)14-9-10-16(19(21)22)12(2)11-14/h4-11,15H,3H2,1-2H3,(H,18,20)/t15-/m1/s1. The number of carbonyl (C=O) groups excluding carboxylic acids is 1. The maximum absolute atomic E-state index is 12.3. The lowest BCUT2D eigenvalue weighted by atomic mass is 10.0. The summed E-state index contributed by atoms with van der Waals surface area (Å²) in [5.41, 5.74) is 1.96. The van der Waals surface area contributed by atoms with E-state index in [1.807, 2.05) is 37.3 Å². The summed E-state index contributed by atoms with van der Waals surface area (Å²) in [4.78, 5) is 22.7. The van der Waals surface area contributed by atoms with Crippen molar-refractivity contribution in [3.05, 3.63) is 75.3 Å². The minimum Gasteiger partial charge on any atom is -0.345 e. The molecule has 0 heterocycles. The van der Waals surface area contributed by atoms with Crippen molar-refractivity contribution in [3.8, 4) is 0 Å². The molecule has 2 rings (SSSR count). The van der Waals surface area contributed by atoms with Gasteiger partial charge in [0.1, 0.15) is 0 Å². The molecule has 0 saturated heterocycles. The Kier molecular flexibility index (Phi) is 4.88. The van der Waals surface area contributed by atoms with Crippen LogP contribution < -0.4 is 5.32 Å². The molecule has 0 aromatic heterocycles. The van der Waals surface area contributed by atoms with Crippen molar-refractivity contribution >= 4 is 11.6 Å². The molecule has 5 nitrogen and oxygen atoms in total. The van der Waals surface area contributed by atoms with E-state index in [9.17, 15) is 14.9 Å². The Hall–Kier alpha value is -2.69. The van der Waals surface area contributed by atoms with Crippen LogP contribution in [0.2, 0.25) is 0 Å². The molecule has 0 aliphatic carbocycles. The lowest BCUT2D eigenvalue weighted by Gasteiger charge is -2.17. The molecule has 0 aliphatic heterocycles. The average Bonchev–Trinajstić information content (AvgIpc) is 2.52. The molecular weight excluding hydrogens is 280 g/mol. The number of rotatable bonds is 5. The third-order valence-electron chi connectivity index (χ3n) is 3.57. The van der Waals surface area contributed by atoms with Gasteiger partial charge in [-0.15, -0.1) is 0 Å². The summed E-state index contributed by atoms with van der Waals surface area (Å²) in [6.45, 7) is 3.63. The number of hydrogen-bond donors (Lipinski definition) is 1. The van der Waals surface area contributed by atoms with Crippen LogP contribution in [0.3, 0.4) is 0 Å². The monoisotopic (exact) mass is 298 g/mol. The van der Waals surface area contributed by atoms with E-state index in [0.717, 1.165) is 12.0 Å². The highest BCUT2D eigenvalue weighted by atomic mass is 16.6. The number of nitro benzene ring substituents is 1. The van der Waals surface area contributed by atoms with Crippen molar-refractivity contribution < 1.29 is 9.72 Å². The summed E-state index contributed by atoms with van der Waals surface area (Å²) >= 11 is 0. The number of aryl methyl sites for hydroxylation is 1. The second-order valence-electron chi connectivity index (χ2n) is 5.10. The summed E-state index contributed by atoms with van der Waals surface area (Å²) in [5.74, 6) is -0.228. The van der Waals surface area contributed by atoms with Gasteiger partial charge in [-0.2, -0.15) is 0 Å². The summed E-state index contributed by atoms with van der Waals surface area (Å²) in [5, 5.41) is 13.8. The molecule has 0 spiro atoms. The molecule has 1 amide bonds. The molecule has 2 aromatic carbocycles. The predicted molar refractivity (Wildman–Crippen MR) is 84.8 cm³/mol. The summed E-state index contributed by atoms with van der Waals surface area (Å²) in [6.07, 6.45) is 0.766. The number of benzene rings is 2. The van der Waals surface area contributed by atoms with Crippen molar-refractivity contribution in [3.63, 3.8) is 0 Å². The van der Waals surface area contributed by atoms with E-state index >= 15 is 0 Å². The Bertz CT molecular complexity index is 684. The number of nitrogens with one attached hydrogen (secondary N) is 1. The SMILES string of the molecule is CC[C@@H](NC(=O)c1ccc([N+](=O)[O-])c(C)c1)c1ccccc1. The summed E-state index contributed by atoms with van der Waals surface area (Å²) < 4.78 is 0. The van der Waals surface area contributed by atoms with E-state index in [4.69, 9.17) is 0 Å². The van der Waals surface area contributed by atoms with Gasteiger partial charge < -0.3 is 5.32 Å². The van der Waals surface area contributed by atoms with Gasteiger partial charge in [-0.05, 0) is 31.0 Å². The molecule has 0 aliphatic rings. The van der Waals surface area contributed by atoms with Gasteiger partial charge in [0.05, 0.1) is 11.0 Å². The summed E-state index contributed by atoms with van der Waals surface area (Å²) in [7, 11) is 0. The van der Waals surface area contributed by atoms with E-state index in [-0.39, 0.29) is 17.6 Å². The van der Waals surface area contributed by atoms with E-state index in [1.54, 1.807) is 13.0 Å². The van der Waals surface area contributed by atoms with Gasteiger partial charge in [0, 0.05) is 17.2 Å². The Morgan fingerprint density at radius 3 is 2.45 bits per heavy atom. The first-order chi connectivity index (χ1) is 10.5. The van der Waals surface area contributed by atoms with Crippen LogP contribution in [0.25, 0.3) is 0 Å². The maximum atomic E-state index is 12.3. The van der Waals surface area contributed by atoms with Gasteiger partial charge in [0.15, 0.2) is 0 Å². The number of carbonyl (C=O) groups is 1. The van der Waals surface area contributed by atoms with Gasteiger partial charge in [-0.25, -0.2) is 0 Å². The van der Waals surface area contributed by atoms with Crippen LogP contribution in [0.1, 0.15) is 40.9 Å². The second kappa shape index (κ2) is 6.85. The Morgan fingerprint density at radius 1 is 1.23 bits per heavy atom. The maximum Gasteiger partial charge on any atom is 0.272 e. The van der Waals surface area contributed by atoms with Gasteiger partial charge in [-0.1, -0.05) is 37.3 Å². The highest BCUT2D eigenvalue weighted by Gasteiger charge is 2.17. The van der Waals surface area contributed by atoms with Crippen LogP contribution in [0.15, 0.2) is 48.5 Å². The quantitative estimate of drug-likeness (QED) is 0.674. The van der Waals surface area contributed by atoms with Crippen LogP contribution in [0.4, 0.5) is 5.69 Å². The van der Waals surface area contributed by atoms with E-state index < -0.39 is 4.92 Å². The predicted octanol–water partition coefficient (Wildman–Crippen LogP) is 3.78. The minimum absolute atomic E-state index is 0.0200. The Labute approximate surface area is 129 Å². The van der Waals surface area contributed by atoms with Crippen LogP contribution in [-0.4, -0.2) is 10.8 Å². The molecule has 0 unspecified atom stereocenters. The van der Waals surface area contributed by atoms with Crippen molar-refractivity contribution in [2.45, 2.75) is 26.3 Å². The number of nitrogens with zero attached hydrogens (tertiary/aromatic N) is 1. The molecular formula is C17H18N2O3. The Morgan fingerprint density at radius 2 is 1.91 bits per heavy atom. The van der Waals surface area contributed by atoms with Crippen molar-refractivity contribution in [2.24, 2.45) is 0 Å². The topological polar surface area (TPSA) is 72.2 Å². The van der Waals surface area contributed by atoms with Crippen molar-refractivity contribution in [1.29, 1.82) is 0 Å².